The fourth-order valence-corrected chi connectivity index (χ4v) is 4.97. The average molecular weight is 503 g/mol. The van der Waals surface area contributed by atoms with Crippen molar-refractivity contribution in [1.82, 2.24) is 20.9 Å². The topological polar surface area (TPSA) is 112 Å². The van der Waals surface area contributed by atoms with Gasteiger partial charge >= 0.3 is 6.36 Å². The lowest BCUT2D eigenvalue weighted by Gasteiger charge is -2.47. The molecule has 3 heterocycles. The predicted octanol–water partition coefficient (Wildman–Crippen LogP) is 1.66. The second-order valence-electron chi connectivity index (χ2n) is 9.01. The van der Waals surface area contributed by atoms with Gasteiger partial charge in [0, 0.05) is 25.2 Å². The summed E-state index contributed by atoms with van der Waals surface area (Å²) in [5.41, 5.74) is 2.64. The average Bonchev–Trinajstić information content (AvgIpc) is 2.83. The zero-order chi connectivity index (χ0) is 25.4. The van der Waals surface area contributed by atoms with Crippen molar-refractivity contribution in [2.24, 2.45) is 11.8 Å². The maximum atomic E-state index is 13.1. The summed E-state index contributed by atoms with van der Waals surface area (Å²) in [5, 5.41) is 11.5. The van der Waals surface area contributed by atoms with Crippen molar-refractivity contribution in [1.29, 1.82) is 0 Å². The molecule has 3 aliphatic heterocycles. The molecular formula is C24H24F3N5O4. The molecule has 2 aromatic rings. The number of carbonyl (C=O) groups is 3. The number of piperidine rings is 1. The molecule has 0 aromatic heterocycles. The molecule has 4 N–H and O–H groups in total. The third kappa shape index (κ3) is 5.14. The molecule has 4 atom stereocenters. The lowest BCUT2D eigenvalue weighted by atomic mass is 9.81. The molecule has 2 fully saturated rings. The van der Waals surface area contributed by atoms with Crippen LogP contribution in [-0.2, 0) is 27.3 Å². The van der Waals surface area contributed by atoms with Crippen molar-refractivity contribution in [3.8, 4) is 5.75 Å². The van der Waals surface area contributed by atoms with Crippen LogP contribution >= 0.6 is 0 Å². The molecule has 3 aliphatic rings. The van der Waals surface area contributed by atoms with Crippen LogP contribution in [0.25, 0.3) is 0 Å². The van der Waals surface area contributed by atoms with E-state index in [0.29, 0.717) is 13.1 Å². The van der Waals surface area contributed by atoms with Gasteiger partial charge in [0.2, 0.25) is 17.7 Å². The van der Waals surface area contributed by atoms with Gasteiger partial charge in [0.25, 0.3) is 0 Å². The van der Waals surface area contributed by atoms with E-state index in [2.05, 4.69) is 37.0 Å². The van der Waals surface area contributed by atoms with E-state index in [0.717, 1.165) is 18.6 Å². The third-order valence-corrected chi connectivity index (χ3v) is 6.65. The standard InChI is InChI=1S/C24H24F3N5O4/c25-24(26,27)36-16-7-5-15(6-8-16)28-21(34)17-11-18(33)29-20-19(17)22(35)31-23(30-20)32-10-9-13-3-1-2-4-14(13)12-32/h1-8,17,19-20,23,30H,9-12H2,(H,28,34)(H,29,33)(H,31,35). The largest absolute Gasteiger partial charge is 0.573 e. The van der Waals surface area contributed by atoms with Gasteiger partial charge in [0.05, 0.1) is 18.0 Å². The summed E-state index contributed by atoms with van der Waals surface area (Å²) in [7, 11) is 0. The van der Waals surface area contributed by atoms with Gasteiger partial charge in [0.15, 0.2) is 0 Å². The number of amides is 3. The monoisotopic (exact) mass is 503 g/mol. The number of rotatable bonds is 4. The summed E-state index contributed by atoms with van der Waals surface area (Å²) in [6.45, 7) is 1.33. The van der Waals surface area contributed by atoms with Crippen molar-refractivity contribution in [3.63, 3.8) is 0 Å². The first-order chi connectivity index (χ1) is 17.2. The highest BCUT2D eigenvalue weighted by molar-refractivity contribution is 6.00. The molecule has 190 valence electrons. The van der Waals surface area contributed by atoms with Crippen molar-refractivity contribution < 1.29 is 32.3 Å². The zero-order valence-corrected chi connectivity index (χ0v) is 19.0. The number of ether oxygens (including phenoxy) is 1. The van der Waals surface area contributed by atoms with Crippen molar-refractivity contribution in [2.75, 3.05) is 11.9 Å². The van der Waals surface area contributed by atoms with Gasteiger partial charge in [-0.25, -0.2) is 0 Å². The smallest absolute Gasteiger partial charge is 0.406 e. The lowest BCUT2D eigenvalue weighted by Crippen LogP contribution is -2.74. The van der Waals surface area contributed by atoms with Crippen molar-refractivity contribution in [3.05, 3.63) is 59.7 Å². The quantitative estimate of drug-likeness (QED) is 0.505. The minimum Gasteiger partial charge on any atom is -0.406 e. The molecule has 3 amide bonds. The maximum absolute atomic E-state index is 13.1. The van der Waals surface area contributed by atoms with E-state index < -0.39 is 42.3 Å². The predicted molar refractivity (Wildman–Crippen MR) is 121 cm³/mol. The highest BCUT2D eigenvalue weighted by Gasteiger charge is 2.49. The first-order valence-electron chi connectivity index (χ1n) is 11.5. The Labute approximate surface area is 204 Å². The first kappa shape index (κ1) is 24.1. The zero-order valence-electron chi connectivity index (χ0n) is 19.0. The Morgan fingerprint density at radius 2 is 1.75 bits per heavy atom. The van der Waals surface area contributed by atoms with Gasteiger partial charge < -0.3 is 20.7 Å². The lowest BCUT2D eigenvalue weighted by molar-refractivity contribution is -0.274. The van der Waals surface area contributed by atoms with E-state index >= 15 is 0 Å². The normalized spacial score (nSPS) is 26.2. The summed E-state index contributed by atoms with van der Waals surface area (Å²) in [6, 6.07) is 12.7. The molecule has 0 bridgehead atoms. The van der Waals surface area contributed by atoms with E-state index in [1.165, 1.54) is 23.3 Å². The fraction of sp³-hybridized carbons (Fsp3) is 0.375. The number of hydrogen-bond acceptors (Lipinski definition) is 6. The van der Waals surface area contributed by atoms with E-state index in [-0.39, 0.29) is 23.9 Å². The van der Waals surface area contributed by atoms with Crippen molar-refractivity contribution >= 4 is 23.4 Å². The van der Waals surface area contributed by atoms with Crippen LogP contribution in [-0.4, -0.2) is 48.0 Å². The van der Waals surface area contributed by atoms with E-state index in [4.69, 9.17) is 0 Å². The molecule has 9 nitrogen and oxygen atoms in total. The van der Waals surface area contributed by atoms with Gasteiger partial charge in [-0.3, -0.25) is 24.6 Å². The SMILES string of the molecule is O=C1CC(C(=O)Nc2ccc(OC(F)(F)F)cc2)C2C(=O)NC(N3CCc4ccccc4C3)NC2N1. The number of anilines is 1. The maximum Gasteiger partial charge on any atom is 0.573 e. The van der Waals surface area contributed by atoms with Gasteiger partial charge in [-0.2, -0.15) is 0 Å². The number of alkyl halides is 3. The van der Waals surface area contributed by atoms with Crippen LogP contribution in [0.4, 0.5) is 18.9 Å². The highest BCUT2D eigenvalue weighted by Crippen LogP contribution is 2.30. The van der Waals surface area contributed by atoms with Gasteiger partial charge in [-0.1, -0.05) is 24.3 Å². The van der Waals surface area contributed by atoms with Crippen LogP contribution in [0.1, 0.15) is 17.5 Å². The summed E-state index contributed by atoms with van der Waals surface area (Å²) >= 11 is 0. The molecular weight excluding hydrogens is 479 g/mol. The number of hydrogen-bond donors (Lipinski definition) is 4. The highest BCUT2D eigenvalue weighted by atomic mass is 19.4. The fourth-order valence-electron chi connectivity index (χ4n) is 4.97. The van der Waals surface area contributed by atoms with Crippen LogP contribution < -0.4 is 26.0 Å². The molecule has 36 heavy (non-hydrogen) atoms. The Morgan fingerprint density at radius 3 is 2.47 bits per heavy atom. The summed E-state index contributed by atoms with van der Waals surface area (Å²) in [5.74, 6) is -3.58. The second-order valence-corrected chi connectivity index (χ2v) is 9.01. The number of fused-ring (bicyclic) bond motifs is 2. The number of benzene rings is 2. The number of nitrogens with one attached hydrogen (secondary N) is 4. The van der Waals surface area contributed by atoms with Gasteiger partial charge in [-0.05, 0) is 41.8 Å². The van der Waals surface area contributed by atoms with E-state index in [1.807, 2.05) is 18.2 Å². The van der Waals surface area contributed by atoms with Crippen molar-refractivity contribution in [2.45, 2.75) is 38.2 Å². The summed E-state index contributed by atoms with van der Waals surface area (Å²) in [6.07, 6.45) is -5.47. The van der Waals surface area contributed by atoms with E-state index in [9.17, 15) is 27.6 Å². The Kier molecular flexibility index (Phi) is 6.31. The summed E-state index contributed by atoms with van der Waals surface area (Å²) in [4.78, 5) is 40.7. The summed E-state index contributed by atoms with van der Waals surface area (Å²) < 4.78 is 40.9. The van der Waals surface area contributed by atoms with Crippen LogP contribution in [0, 0.1) is 11.8 Å². The molecule has 12 heteroatoms. The third-order valence-electron chi connectivity index (χ3n) is 6.65. The van der Waals surface area contributed by atoms with Crippen LogP contribution in [0.2, 0.25) is 0 Å². The van der Waals surface area contributed by atoms with E-state index in [1.54, 1.807) is 0 Å². The van der Waals surface area contributed by atoms with Crippen LogP contribution in [0.5, 0.6) is 5.75 Å². The molecule has 0 saturated carbocycles. The molecule has 0 spiro atoms. The number of carbonyl (C=O) groups excluding carboxylic acids is 3. The number of halogens is 3. The Balaban J connectivity index is 1.26. The minimum atomic E-state index is -4.83. The molecule has 2 saturated heterocycles. The second kappa shape index (κ2) is 9.43. The van der Waals surface area contributed by atoms with Gasteiger partial charge in [0.1, 0.15) is 12.0 Å². The molecule has 5 rings (SSSR count). The van der Waals surface area contributed by atoms with Crippen LogP contribution in [0.3, 0.4) is 0 Å². The molecule has 0 radical (unpaired) electrons. The molecule has 2 aromatic carbocycles. The Bertz CT molecular complexity index is 1170. The minimum absolute atomic E-state index is 0.195. The molecule has 0 aliphatic carbocycles. The van der Waals surface area contributed by atoms with Gasteiger partial charge in [-0.15, -0.1) is 13.2 Å². The first-order valence-corrected chi connectivity index (χ1v) is 11.5. The number of nitrogens with zero attached hydrogens (tertiary/aromatic N) is 1. The Morgan fingerprint density at radius 1 is 1.03 bits per heavy atom. The van der Waals surface area contributed by atoms with Crippen LogP contribution in [0.15, 0.2) is 48.5 Å². The molecule has 4 unspecified atom stereocenters. The Hall–Kier alpha value is -3.64.